The van der Waals surface area contributed by atoms with Crippen LogP contribution >= 0.6 is 11.8 Å². The van der Waals surface area contributed by atoms with E-state index in [9.17, 15) is 9.59 Å². The third-order valence-corrected chi connectivity index (χ3v) is 6.86. The summed E-state index contributed by atoms with van der Waals surface area (Å²) in [5, 5.41) is 12.4. The zero-order valence-corrected chi connectivity index (χ0v) is 20.7. The van der Waals surface area contributed by atoms with Crippen molar-refractivity contribution in [3.8, 4) is 22.8 Å². The fraction of sp³-hybridized carbons (Fsp3) is 0.185. The average Bonchev–Trinajstić information content (AvgIpc) is 3.27. The van der Waals surface area contributed by atoms with Crippen LogP contribution < -0.4 is 15.0 Å². The quantitative estimate of drug-likeness (QED) is 0.384. The van der Waals surface area contributed by atoms with Crippen molar-refractivity contribution in [2.45, 2.75) is 24.5 Å². The Morgan fingerprint density at radius 3 is 2.56 bits per heavy atom. The minimum Gasteiger partial charge on any atom is -0.496 e. The van der Waals surface area contributed by atoms with Crippen LogP contribution in [0.2, 0.25) is 0 Å². The van der Waals surface area contributed by atoms with E-state index in [1.165, 1.54) is 11.8 Å². The Bertz CT molecular complexity index is 1410. The van der Waals surface area contributed by atoms with E-state index in [0.29, 0.717) is 28.1 Å². The number of benzene rings is 3. The lowest BCUT2D eigenvalue weighted by Gasteiger charge is -2.27. The molecule has 0 saturated heterocycles. The molecular formula is C27H25N5O3S. The lowest BCUT2D eigenvalue weighted by Crippen LogP contribution is -2.40. The molecule has 2 heterocycles. The van der Waals surface area contributed by atoms with Gasteiger partial charge in [-0.25, -0.2) is 0 Å². The number of nitrogens with zero attached hydrogens (tertiary/aromatic N) is 4. The highest BCUT2D eigenvalue weighted by atomic mass is 32.2. The third-order valence-electron chi connectivity index (χ3n) is 5.95. The van der Waals surface area contributed by atoms with Gasteiger partial charge in [-0.3, -0.25) is 14.2 Å². The zero-order valence-electron chi connectivity index (χ0n) is 19.9. The van der Waals surface area contributed by atoms with Gasteiger partial charge in [-0.05, 0) is 43.3 Å². The van der Waals surface area contributed by atoms with Crippen molar-refractivity contribution in [2.24, 2.45) is 0 Å². The molecule has 1 N–H and O–H groups in total. The van der Waals surface area contributed by atoms with Gasteiger partial charge in [0, 0.05) is 18.2 Å². The highest BCUT2D eigenvalue weighted by Crippen LogP contribution is 2.35. The molecular weight excluding hydrogens is 474 g/mol. The van der Waals surface area contributed by atoms with Crippen molar-refractivity contribution in [1.82, 2.24) is 14.8 Å². The fourth-order valence-electron chi connectivity index (χ4n) is 4.34. The monoisotopic (exact) mass is 499 g/mol. The number of nitrogens with one attached hydrogen (secondary N) is 1. The molecule has 0 bridgehead atoms. The summed E-state index contributed by atoms with van der Waals surface area (Å²) in [5.74, 6) is 1.21. The Morgan fingerprint density at radius 2 is 1.75 bits per heavy atom. The number of fused-ring (bicyclic) bond motifs is 1. The first-order chi connectivity index (χ1) is 17.6. The first kappa shape index (κ1) is 23.6. The normalized spacial score (nSPS) is 15.1. The van der Waals surface area contributed by atoms with E-state index in [-0.39, 0.29) is 30.0 Å². The van der Waals surface area contributed by atoms with Crippen molar-refractivity contribution in [3.05, 3.63) is 78.9 Å². The van der Waals surface area contributed by atoms with E-state index in [0.717, 1.165) is 11.3 Å². The maximum atomic E-state index is 13.5. The van der Waals surface area contributed by atoms with Crippen LogP contribution in [-0.4, -0.2) is 45.5 Å². The maximum Gasteiger partial charge on any atom is 0.237 e. The lowest BCUT2D eigenvalue weighted by atomic mass is 10.2. The van der Waals surface area contributed by atoms with E-state index in [4.69, 9.17) is 4.74 Å². The molecule has 182 valence electrons. The van der Waals surface area contributed by atoms with E-state index in [1.807, 2.05) is 90.4 Å². The number of aromatic nitrogens is 3. The highest BCUT2D eigenvalue weighted by molar-refractivity contribution is 7.99. The number of thioether (sulfide) groups is 1. The molecule has 1 atom stereocenters. The number of hydrogen-bond acceptors (Lipinski definition) is 6. The van der Waals surface area contributed by atoms with Crippen LogP contribution in [0, 0.1) is 0 Å². The molecule has 0 fully saturated rings. The molecule has 0 saturated carbocycles. The van der Waals surface area contributed by atoms with E-state index < -0.39 is 0 Å². The van der Waals surface area contributed by atoms with Crippen LogP contribution in [0.4, 0.5) is 11.4 Å². The summed E-state index contributed by atoms with van der Waals surface area (Å²) in [4.78, 5) is 27.5. The number of ether oxygens (including phenoxy) is 1. The lowest BCUT2D eigenvalue weighted by molar-refractivity contribution is -0.117. The van der Waals surface area contributed by atoms with Crippen LogP contribution in [-0.2, 0) is 9.59 Å². The zero-order chi connectivity index (χ0) is 25.1. The summed E-state index contributed by atoms with van der Waals surface area (Å²) in [6.07, 6.45) is 0.225. The molecule has 1 aliphatic heterocycles. The molecule has 0 unspecified atom stereocenters. The van der Waals surface area contributed by atoms with Crippen molar-refractivity contribution in [1.29, 1.82) is 0 Å². The van der Waals surface area contributed by atoms with E-state index in [1.54, 1.807) is 12.0 Å². The van der Waals surface area contributed by atoms with Gasteiger partial charge in [0.2, 0.25) is 11.8 Å². The Balaban J connectivity index is 1.48. The van der Waals surface area contributed by atoms with Crippen molar-refractivity contribution < 1.29 is 14.3 Å². The number of methoxy groups -OCH3 is 1. The van der Waals surface area contributed by atoms with Crippen LogP contribution in [0.25, 0.3) is 17.1 Å². The molecule has 1 aliphatic rings. The predicted molar refractivity (Wildman–Crippen MR) is 141 cm³/mol. The van der Waals surface area contributed by atoms with Crippen LogP contribution in [0.1, 0.15) is 13.3 Å². The second kappa shape index (κ2) is 10.2. The largest absolute Gasteiger partial charge is 0.496 e. The predicted octanol–water partition coefficient (Wildman–Crippen LogP) is 4.80. The van der Waals surface area contributed by atoms with Crippen LogP contribution in [0.3, 0.4) is 0 Å². The Morgan fingerprint density at radius 1 is 1.03 bits per heavy atom. The summed E-state index contributed by atoms with van der Waals surface area (Å²) in [6, 6.07) is 24.5. The van der Waals surface area contributed by atoms with Gasteiger partial charge in [0.25, 0.3) is 0 Å². The third kappa shape index (κ3) is 4.57. The fourth-order valence-corrected chi connectivity index (χ4v) is 5.15. The van der Waals surface area contributed by atoms with Crippen molar-refractivity contribution in [2.75, 3.05) is 23.1 Å². The standard InChI is InChI=1S/C27H25N5O3S/c1-18-16-24(33)28-21-13-7-8-14-22(21)31(18)25(34)17-36-27-30-29-26(20-12-6-9-15-23(20)35-2)32(27)19-10-4-3-5-11-19/h3-15,18H,16-17H2,1-2H3,(H,28,33)/t18-/m1/s1. The summed E-state index contributed by atoms with van der Waals surface area (Å²) in [7, 11) is 1.62. The molecule has 9 heteroatoms. The number of rotatable bonds is 6. The minimum absolute atomic E-state index is 0.108. The SMILES string of the molecule is COc1ccccc1-c1nnc(SCC(=O)N2c3ccccc3NC(=O)C[C@H]2C)n1-c1ccccc1. The summed E-state index contributed by atoms with van der Waals surface area (Å²) in [6.45, 7) is 1.89. The smallest absolute Gasteiger partial charge is 0.237 e. The van der Waals surface area contributed by atoms with Crippen molar-refractivity contribution in [3.63, 3.8) is 0 Å². The van der Waals surface area contributed by atoms with Crippen LogP contribution in [0.15, 0.2) is 84.0 Å². The Labute approximate surface area is 213 Å². The number of anilines is 2. The first-order valence-corrected chi connectivity index (χ1v) is 12.5. The Kier molecular flexibility index (Phi) is 6.73. The van der Waals surface area contributed by atoms with E-state index in [2.05, 4.69) is 15.5 Å². The molecule has 4 aromatic rings. The molecule has 0 radical (unpaired) electrons. The van der Waals surface area contributed by atoms with Crippen molar-refractivity contribution >= 4 is 35.0 Å². The van der Waals surface area contributed by atoms with E-state index >= 15 is 0 Å². The summed E-state index contributed by atoms with van der Waals surface area (Å²) >= 11 is 1.31. The average molecular weight is 500 g/mol. The molecule has 3 aromatic carbocycles. The number of para-hydroxylation sites is 4. The van der Waals surface area contributed by atoms with Gasteiger partial charge in [0.15, 0.2) is 11.0 Å². The molecule has 36 heavy (non-hydrogen) atoms. The number of carbonyl (C=O) groups is 2. The molecule has 2 amide bonds. The topological polar surface area (TPSA) is 89.4 Å². The summed E-state index contributed by atoms with van der Waals surface area (Å²) in [5.41, 5.74) is 3.01. The maximum absolute atomic E-state index is 13.5. The second-order valence-corrected chi connectivity index (χ2v) is 9.29. The first-order valence-electron chi connectivity index (χ1n) is 11.5. The summed E-state index contributed by atoms with van der Waals surface area (Å²) < 4.78 is 7.49. The number of carbonyl (C=O) groups excluding carboxylic acids is 2. The Hall–Kier alpha value is -4.11. The van der Waals surface area contributed by atoms with Gasteiger partial charge < -0.3 is 15.0 Å². The number of hydrogen-bond donors (Lipinski definition) is 1. The molecule has 5 rings (SSSR count). The molecule has 0 aliphatic carbocycles. The molecule has 8 nitrogen and oxygen atoms in total. The van der Waals surface area contributed by atoms with Gasteiger partial charge in [-0.15, -0.1) is 10.2 Å². The molecule has 0 spiro atoms. The second-order valence-electron chi connectivity index (χ2n) is 8.35. The van der Waals surface area contributed by atoms with Gasteiger partial charge in [-0.2, -0.15) is 0 Å². The van der Waals surface area contributed by atoms with Gasteiger partial charge in [-0.1, -0.05) is 54.2 Å². The highest BCUT2D eigenvalue weighted by Gasteiger charge is 2.30. The van der Waals surface area contributed by atoms with Gasteiger partial charge in [0.1, 0.15) is 5.75 Å². The van der Waals surface area contributed by atoms with Gasteiger partial charge in [0.05, 0.1) is 29.8 Å². The van der Waals surface area contributed by atoms with Crippen LogP contribution in [0.5, 0.6) is 5.75 Å². The molecule has 1 aromatic heterocycles. The van der Waals surface area contributed by atoms with Gasteiger partial charge >= 0.3 is 0 Å². The minimum atomic E-state index is -0.280. The number of amides is 2.